The monoisotopic (exact) mass is 1180 g/mol. The molecule has 3 rings (SSSR count). The van der Waals surface area contributed by atoms with Crippen LogP contribution in [0.15, 0.2) is 30.3 Å². The highest BCUT2D eigenvalue weighted by atomic mass is 16.7. The highest BCUT2D eigenvalue weighted by molar-refractivity contribution is 6.00. The molecular weight excluding hydrogens is 1090 g/mol. The smallest absolute Gasteiger partial charge is 0.329 e. The number of hydrogen-bond acceptors (Lipinski definition) is 18. The van der Waals surface area contributed by atoms with E-state index in [0.29, 0.717) is 34.3 Å². The van der Waals surface area contributed by atoms with Gasteiger partial charge in [-0.15, -0.1) is 0 Å². The quantitative estimate of drug-likeness (QED) is 0.0334. The summed E-state index contributed by atoms with van der Waals surface area (Å²) >= 11 is 0. The van der Waals surface area contributed by atoms with Crippen LogP contribution in [0.1, 0.15) is 116 Å². The topological polar surface area (TPSA) is 469 Å². The Bertz CT molecular complexity index is 2470. The second-order valence-electron chi connectivity index (χ2n) is 21.2. The third-order valence-corrected chi connectivity index (χ3v) is 13.9. The molecule has 1 aromatic rings. The van der Waals surface area contributed by atoms with Gasteiger partial charge in [0.25, 0.3) is 5.91 Å². The van der Waals surface area contributed by atoms with Crippen molar-refractivity contribution in [3.8, 4) is 0 Å². The van der Waals surface area contributed by atoms with Crippen LogP contribution < -0.4 is 43.8 Å². The third kappa shape index (κ3) is 22.1. The number of esters is 1. The average molecular weight is 1180 g/mol. The van der Waals surface area contributed by atoms with Gasteiger partial charge in [0.05, 0.1) is 38.4 Å². The minimum atomic E-state index is -2.33. The first-order chi connectivity index (χ1) is 39.1. The van der Waals surface area contributed by atoms with Gasteiger partial charge >= 0.3 is 17.9 Å². The van der Waals surface area contributed by atoms with Gasteiger partial charge in [-0.2, -0.15) is 0 Å². The molecular formula is C53H81N11O19. The molecule has 0 aromatic heterocycles. The number of cyclic esters (lactones) is 1. The number of primary amides is 2. The Morgan fingerprint density at radius 1 is 0.675 bits per heavy atom. The first-order valence-corrected chi connectivity index (χ1v) is 27.4. The summed E-state index contributed by atoms with van der Waals surface area (Å²) in [5.74, 6) is -17.9. The van der Waals surface area contributed by atoms with Crippen molar-refractivity contribution < 1.29 is 92.3 Å². The van der Waals surface area contributed by atoms with E-state index in [1.807, 2.05) is 0 Å². The van der Waals surface area contributed by atoms with Crippen LogP contribution in [0.3, 0.4) is 0 Å². The van der Waals surface area contributed by atoms with Gasteiger partial charge in [-0.1, -0.05) is 102 Å². The summed E-state index contributed by atoms with van der Waals surface area (Å²) in [7, 11) is 2.03. The number of hydrogen-bond donors (Lipinski definition) is 12. The van der Waals surface area contributed by atoms with Crippen LogP contribution in [0.5, 0.6) is 0 Å². The zero-order chi connectivity index (χ0) is 62.2. The molecule has 30 nitrogen and oxygen atoms in total. The van der Waals surface area contributed by atoms with Gasteiger partial charge < -0.3 is 78.7 Å². The summed E-state index contributed by atoms with van der Waals surface area (Å²) in [6.07, 6.45) is -0.478. The maximum atomic E-state index is 14.8. The normalized spacial score (nSPS) is 24.5. The number of likely N-dealkylation sites (N-methyl/N-ethyl adjacent to an activating group) is 2. The molecule has 2 aliphatic heterocycles. The Kier molecular flexibility index (Phi) is 28.4. The summed E-state index contributed by atoms with van der Waals surface area (Å²) in [6.45, 7) is 3.16. The van der Waals surface area contributed by atoms with Crippen LogP contribution in [0.2, 0.25) is 0 Å². The lowest BCUT2D eigenvalue weighted by atomic mass is 9.97. The maximum absolute atomic E-state index is 14.8. The number of amides is 10. The molecule has 0 spiro atoms. The van der Waals surface area contributed by atoms with Crippen molar-refractivity contribution in [3.63, 3.8) is 0 Å². The second kappa shape index (κ2) is 33.9. The lowest BCUT2D eigenvalue weighted by molar-refractivity contribution is -0.307. The lowest BCUT2D eigenvalue weighted by Crippen LogP contribution is -2.73. The summed E-state index contributed by atoms with van der Waals surface area (Å²) in [5.41, 5.74) is 17.2. The predicted octanol–water partition coefficient (Wildman–Crippen LogP) is -3.46. The molecule has 0 bridgehead atoms. The van der Waals surface area contributed by atoms with Gasteiger partial charge in [0.2, 0.25) is 53.2 Å². The molecule has 0 radical (unpaired) electrons. The number of hydroxylamine groups is 2. The van der Waals surface area contributed by atoms with Gasteiger partial charge in [-0.3, -0.25) is 57.5 Å². The van der Waals surface area contributed by atoms with Crippen LogP contribution in [-0.2, 0) is 78.3 Å². The van der Waals surface area contributed by atoms with E-state index in [9.17, 15) is 82.8 Å². The molecule has 462 valence electrons. The van der Waals surface area contributed by atoms with Gasteiger partial charge in [-0.25, -0.2) is 14.7 Å². The van der Waals surface area contributed by atoms with E-state index >= 15 is 0 Å². The SMILES string of the molecule is CC(C)CCCCCCCCCCC(=O)N[C@H]1COC(=O)[C@H]([C@H](C)CC(=O)O)NC(=O)[C@H]([C@H](O)CC(N)=O)NC(=O)[C@H](CC(N)=O)N(C)C(=O)[C@H](Cc2ccccc2)N(C)C(=O)[C@H](CC(=O)O)NC(=O)C2C(N)ON2C(=O)[C@H](CO)NC1=O. The van der Waals surface area contributed by atoms with Gasteiger partial charge in [0, 0.05) is 26.9 Å². The summed E-state index contributed by atoms with van der Waals surface area (Å²) in [6, 6.07) is -8.20. The molecule has 30 heteroatoms. The number of nitrogens with two attached hydrogens (primary N) is 3. The van der Waals surface area contributed by atoms with E-state index in [1.54, 1.807) is 18.2 Å². The fourth-order valence-electron chi connectivity index (χ4n) is 9.21. The molecule has 11 atom stereocenters. The van der Waals surface area contributed by atoms with Gasteiger partial charge in [-0.05, 0) is 23.8 Å². The first kappa shape index (κ1) is 69.4. The molecule has 0 saturated carbocycles. The number of carboxylic acids is 2. The Morgan fingerprint density at radius 3 is 1.81 bits per heavy atom. The van der Waals surface area contributed by atoms with Crippen LogP contribution in [0.25, 0.3) is 0 Å². The molecule has 2 fully saturated rings. The number of ether oxygens (including phenoxy) is 1. The van der Waals surface area contributed by atoms with E-state index in [-0.39, 0.29) is 12.8 Å². The molecule has 2 heterocycles. The molecule has 2 unspecified atom stereocenters. The second-order valence-corrected chi connectivity index (χ2v) is 21.2. The highest BCUT2D eigenvalue weighted by Gasteiger charge is 2.51. The van der Waals surface area contributed by atoms with Crippen LogP contribution in [0, 0.1) is 11.8 Å². The number of carbonyl (C=O) groups excluding carboxylic acids is 11. The van der Waals surface area contributed by atoms with E-state index < -0.39 is 182 Å². The molecule has 1 aromatic carbocycles. The number of rotatable bonds is 25. The molecule has 0 aliphatic carbocycles. The minimum Gasteiger partial charge on any atom is -0.481 e. The maximum Gasteiger partial charge on any atom is 0.329 e. The third-order valence-electron chi connectivity index (χ3n) is 13.9. The lowest BCUT2D eigenvalue weighted by Gasteiger charge is -2.44. The Hall–Kier alpha value is -7.83. The largest absolute Gasteiger partial charge is 0.481 e. The van der Waals surface area contributed by atoms with Crippen molar-refractivity contribution in [2.75, 3.05) is 27.3 Å². The van der Waals surface area contributed by atoms with Crippen LogP contribution in [0.4, 0.5) is 0 Å². The standard InChI is InChI=1S/C53H81N11O19/c1-28(2)17-13-10-8-6-7-9-11-16-20-39(69)57-33-27-82-53(81)42(29(3)21-40(70)71)60-48(76)43(36(66)25-38(55)68)61-47(75)34(24-37(54)67)62(4)52(80)35(22-30-18-14-12-15-19-30)63(5)50(78)31(23-41(72)73)58-49(77)44-45(56)83-64(44)51(79)32(26-65)59-46(33)74/h12,14-15,18-19,28-29,31-36,42-45,65-66H,6-11,13,16-17,20-27,56H2,1-5H3,(H2,54,67)(H2,55,68)(H,57,69)(H,58,77)(H,59,74)(H,60,76)(H,61,75)(H,70,71)(H,72,73)/t29-,31+,32+,33+,34+,35+,36-,42+,43+,44?,45?/m1/s1. The molecule has 2 aliphatic rings. The highest BCUT2D eigenvalue weighted by Crippen LogP contribution is 2.23. The summed E-state index contributed by atoms with van der Waals surface area (Å²) < 4.78 is 5.43. The first-order valence-electron chi connectivity index (χ1n) is 27.4. The van der Waals surface area contributed by atoms with Crippen molar-refractivity contribution in [2.24, 2.45) is 29.0 Å². The fraction of sp³-hybridized carbons (Fsp3) is 0.642. The minimum absolute atomic E-state index is 0.154. The van der Waals surface area contributed by atoms with Crippen molar-refractivity contribution in [2.45, 2.75) is 178 Å². The summed E-state index contributed by atoms with van der Waals surface area (Å²) in [4.78, 5) is 183. The Morgan fingerprint density at radius 2 is 1.25 bits per heavy atom. The Labute approximate surface area is 479 Å². The van der Waals surface area contributed by atoms with Crippen molar-refractivity contribution in [3.05, 3.63) is 35.9 Å². The molecule has 10 amide bonds. The fourth-order valence-corrected chi connectivity index (χ4v) is 9.21. The van der Waals surface area contributed by atoms with E-state index in [0.717, 1.165) is 63.9 Å². The summed E-state index contributed by atoms with van der Waals surface area (Å²) in [5, 5.41) is 52.8. The molecule has 15 N–H and O–H groups in total. The Balaban J connectivity index is 2.19. The van der Waals surface area contributed by atoms with Gasteiger partial charge in [0.1, 0.15) is 48.9 Å². The molecule has 2 saturated heterocycles. The zero-order valence-corrected chi connectivity index (χ0v) is 47.3. The number of aliphatic hydroxyl groups excluding tert-OH is 2. The number of aliphatic carboxylic acids is 2. The average Bonchev–Trinajstić information content (AvgIpc) is 3.61. The number of unbranched alkanes of at least 4 members (excludes halogenated alkanes) is 7. The predicted molar refractivity (Wildman–Crippen MR) is 289 cm³/mol. The number of carbonyl (C=O) groups is 13. The van der Waals surface area contributed by atoms with E-state index in [1.165, 1.54) is 19.1 Å². The van der Waals surface area contributed by atoms with E-state index in [4.69, 9.17) is 26.8 Å². The van der Waals surface area contributed by atoms with Crippen molar-refractivity contribution in [1.82, 2.24) is 41.4 Å². The van der Waals surface area contributed by atoms with Crippen LogP contribution in [-0.4, -0.2) is 200 Å². The number of carboxylic acid groups (broad SMARTS) is 2. The van der Waals surface area contributed by atoms with Gasteiger partial charge in [0.15, 0.2) is 12.3 Å². The number of nitrogens with one attached hydrogen (secondary N) is 5. The van der Waals surface area contributed by atoms with Crippen molar-refractivity contribution in [1.29, 1.82) is 0 Å². The van der Waals surface area contributed by atoms with Crippen molar-refractivity contribution >= 4 is 77.0 Å². The number of aliphatic hydroxyl groups is 2. The number of benzene rings is 1. The molecule has 83 heavy (non-hydrogen) atoms. The number of fused-ring (bicyclic) bond motifs is 1. The zero-order valence-electron chi connectivity index (χ0n) is 47.3. The van der Waals surface area contributed by atoms with E-state index in [2.05, 4.69) is 40.4 Å². The number of nitrogens with zero attached hydrogens (tertiary/aromatic N) is 3. The van der Waals surface area contributed by atoms with Crippen LogP contribution >= 0.6 is 0 Å².